The van der Waals surface area contributed by atoms with E-state index in [0.717, 1.165) is 41.7 Å². The van der Waals surface area contributed by atoms with E-state index in [4.69, 9.17) is 5.73 Å². The molecular weight excluding hydrogens is 418 g/mol. The van der Waals surface area contributed by atoms with Crippen molar-refractivity contribution in [3.05, 3.63) is 65.9 Å². The van der Waals surface area contributed by atoms with Gasteiger partial charge in [-0.05, 0) is 30.7 Å². The van der Waals surface area contributed by atoms with Gasteiger partial charge in [-0.25, -0.2) is 0 Å². The van der Waals surface area contributed by atoms with E-state index in [9.17, 15) is 10.2 Å². The highest BCUT2D eigenvalue weighted by molar-refractivity contribution is 7.99. The first-order valence-electron chi connectivity index (χ1n) is 11.6. The molecule has 5 atom stereocenters. The SMILES string of the molecule is NC(CCCCn1c(O)c2c(c1O)C1C=CC2C2C=CC12)CSc1c[nH]c2ccccc12. The van der Waals surface area contributed by atoms with Crippen LogP contribution >= 0.6 is 11.8 Å². The summed E-state index contributed by atoms with van der Waals surface area (Å²) in [7, 11) is 0. The molecule has 2 bridgehead atoms. The lowest BCUT2D eigenvalue weighted by Crippen LogP contribution is -2.36. The number of rotatable bonds is 8. The normalized spacial score (nSPS) is 25.7. The fourth-order valence-electron chi connectivity index (χ4n) is 5.78. The highest BCUT2D eigenvalue weighted by Crippen LogP contribution is 2.61. The molecule has 0 fully saturated rings. The Hall–Kier alpha value is -2.57. The molecule has 3 aromatic rings. The number of nitrogens with one attached hydrogen (secondary N) is 1. The smallest absolute Gasteiger partial charge is 0.198 e. The van der Waals surface area contributed by atoms with Crippen LogP contribution in [-0.2, 0) is 6.54 Å². The third-order valence-corrected chi connectivity index (χ3v) is 8.76. The molecule has 32 heavy (non-hydrogen) atoms. The van der Waals surface area contributed by atoms with Crippen molar-refractivity contribution in [1.29, 1.82) is 0 Å². The van der Waals surface area contributed by atoms with Crippen molar-refractivity contribution >= 4 is 22.7 Å². The van der Waals surface area contributed by atoms with E-state index in [-0.39, 0.29) is 29.6 Å². The maximum Gasteiger partial charge on any atom is 0.198 e. The minimum atomic E-state index is 0.121. The Kier molecular flexibility index (Phi) is 4.88. The number of allylic oxidation sites excluding steroid dienone is 4. The lowest BCUT2D eigenvalue weighted by atomic mass is 9.56. The molecule has 166 valence electrons. The van der Waals surface area contributed by atoms with E-state index >= 15 is 0 Å². The second-order valence-electron chi connectivity index (χ2n) is 9.37. The van der Waals surface area contributed by atoms with Crippen molar-refractivity contribution in [2.24, 2.45) is 17.6 Å². The number of nitrogens with zero attached hydrogens (tertiary/aromatic N) is 1. The molecule has 4 aliphatic rings. The predicted molar refractivity (Wildman–Crippen MR) is 129 cm³/mol. The summed E-state index contributed by atoms with van der Waals surface area (Å²) < 4.78 is 1.72. The standard InChI is InChI=1S/C26H29N3O2S/c27-15(14-32-22-13-28-21-7-2-1-6-20(21)22)5-3-4-12-29-25(30)23-18-10-11-19(24(23)26(29)31)17-9-8-16(17)18/h1-2,6-11,13,15-19,28,30-31H,3-5,12,14,27H2. The Morgan fingerprint density at radius 1 is 0.969 bits per heavy atom. The molecule has 5 unspecified atom stereocenters. The summed E-state index contributed by atoms with van der Waals surface area (Å²) in [6.45, 7) is 0.620. The van der Waals surface area contributed by atoms with E-state index in [1.807, 2.05) is 6.07 Å². The van der Waals surface area contributed by atoms with Crippen LogP contribution in [-0.4, -0.2) is 31.6 Å². The lowest BCUT2D eigenvalue weighted by molar-refractivity contribution is 0.306. The van der Waals surface area contributed by atoms with Crippen LogP contribution < -0.4 is 5.73 Å². The highest BCUT2D eigenvalue weighted by Gasteiger charge is 2.49. The molecule has 0 saturated heterocycles. The largest absolute Gasteiger partial charge is 0.494 e. The maximum atomic E-state index is 10.9. The van der Waals surface area contributed by atoms with Crippen molar-refractivity contribution in [2.75, 3.05) is 5.75 Å². The van der Waals surface area contributed by atoms with Gasteiger partial charge in [0.15, 0.2) is 11.8 Å². The van der Waals surface area contributed by atoms with Crippen LogP contribution in [0.25, 0.3) is 10.9 Å². The molecule has 4 aliphatic carbocycles. The van der Waals surface area contributed by atoms with Crippen molar-refractivity contribution in [3.8, 4) is 11.8 Å². The van der Waals surface area contributed by atoms with Gasteiger partial charge in [0.2, 0.25) is 0 Å². The molecule has 7 rings (SSSR count). The number of hydrogen-bond acceptors (Lipinski definition) is 4. The van der Waals surface area contributed by atoms with Crippen LogP contribution in [0.1, 0.15) is 42.2 Å². The summed E-state index contributed by atoms with van der Waals surface area (Å²) >= 11 is 1.80. The lowest BCUT2D eigenvalue weighted by Gasteiger charge is -2.47. The van der Waals surface area contributed by atoms with E-state index in [0.29, 0.717) is 18.4 Å². The van der Waals surface area contributed by atoms with Crippen molar-refractivity contribution in [3.63, 3.8) is 0 Å². The van der Waals surface area contributed by atoms with Gasteiger partial charge in [0.1, 0.15) is 0 Å². The summed E-state index contributed by atoms with van der Waals surface area (Å²) in [6.07, 6.45) is 13.8. The zero-order valence-electron chi connectivity index (χ0n) is 17.9. The zero-order valence-corrected chi connectivity index (χ0v) is 18.8. The highest BCUT2D eigenvalue weighted by atomic mass is 32.2. The number of fused-ring (bicyclic) bond motifs is 1. The van der Waals surface area contributed by atoms with E-state index in [2.05, 4.69) is 53.7 Å². The molecule has 6 heteroatoms. The minimum Gasteiger partial charge on any atom is -0.494 e. The maximum absolute atomic E-state index is 10.9. The Morgan fingerprint density at radius 3 is 2.34 bits per heavy atom. The van der Waals surface area contributed by atoms with Crippen molar-refractivity contribution in [1.82, 2.24) is 9.55 Å². The van der Waals surface area contributed by atoms with Crippen LogP contribution in [0.3, 0.4) is 0 Å². The molecule has 5 N–H and O–H groups in total. The molecule has 0 aliphatic heterocycles. The quantitative estimate of drug-likeness (QED) is 0.216. The molecule has 0 saturated carbocycles. The summed E-state index contributed by atoms with van der Waals surface area (Å²) in [5.41, 5.74) is 9.44. The van der Waals surface area contributed by atoms with Gasteiger partial charge in [0.05, 0.1) is 0 Å². The molecular formula is C26H29N3O2S. The third kappa shape index (κ3) is 3.04. The van der Waals surface area contributed by atoms with Crippen LogP contribution in [0.2, 0.25) is 0 Å². The summed E-state index contributed by atoms with van der Waals surface area (Å²) in [5.74, 6) is 2.75. The summed E-state index contributed by atoms with van der Waals surface area (Å²) in [4.78, 5) is 4.56. The van der Waals surface area contributed by atoms with Gasteiger partial charge in [0, 0.05) is 63.3 Å². The first-order chi connectivity index (χ1) is 15.6. The zero-order chi connectivity index (χ0) is 21.8. The number of para-hydroxylation sites is 1. The number of H-pyrrole nitrogens is 1. The predicted octanol–water partition coefficient (Wildman–Crippen LogP) is 5.22. The number of hydrogen-bond donors (Lipinski definition) is 4. The van der Waals surface area contributed by atoms with Crippen LogP contribution in [0.5, 0.6) is 11.8 Å². The minimum absolute atomic E-state index is 0.121. The number of aromatic nitrogens is 2. The van der Waals surface area contributed by atoms with E-state index < -0.39 is 0 Å². The molecule has 0 radical (unpaired) electrons. The van der Waals surface area contributed by atoms with Gasteiger partial charge >= 0.3 is 0 Å². The number of thioether (sulfide) groups is 1. The van der Waals surface area contributed by atoms with Crippen molar-refractivity contribution < 1.29 is 10.2 Å². The topological polar surface area (TPSA) is 87.2 Å². The van der Waals surface area contributed by atoms with E-state index in [1.54, 1.807) is 16.3 Å². The molecule has 1 aromatic carbocycles. The Bertz CT molecular complexity index is 1180. The van der Waals surface area contributed by atoms with Crippen LogP contribution in [0.4, 0.5) is 0 Å². The van der Waals surface area contributed by atoms with Crippen molar-refractivity contribution in [2.45, 2.75) is 48.6 Å². The second kappa shape index (κ2) is 7.78. The van der Waals surface area contributed by atoms with Crippen LogP contribution in [0, 0.1) is 11.8 Å². The Morgan fingerprint density at radius 2 is 1.66 bits per heavy atom. The van der Waals surface area contributed by atoms with Gasteiger partial charge in [-0.3, -0.25) is 4.57 Å². The summed E-state index contributed by atoms with van der Waals surface area (Å²) in [5, 5.41) is 23.1. The number of aromatic hydroxyl groups is 2. The van der Waals surface area contributed by atoms with Gasteiger partial charge in [-0.15, -0.1) is 11.8 Å². The molecule has 2 heterocycles. The first-order valence-corrected chi connectivity index (χ1v) is 12.6. The average Bonchev–Trinajstić information content (AvgIpc) is 3.30. The third-order valence-electron chi connectivity index (χ3n) is 7.52. The molecule has 0 spiro atoms. The van der Waals surface area contributed by atoms with Gasteiger partial charge in [-0.1, -0.05) is 48.9 Å². The molecule has 5 nitrogen and oxygen atoms in total. The number of unbranched alkanes of at least 4 members (excludes halogenated alkanes) is 1. The fraction of sp³-hybridized carbons (Fsp3) is 0.385. The van der Waals surface area contributed by atoms with Gasteiger partial charge < -0.3 is 20.9 Å². The van der Waals surface area contributed by atoms with Crippen LogP contribution in [0.15, 0.2) is 59.7 Å². The Labute approximate surface area is 192 Å². The number of aromatic amines is 1. The molecule has 2 aromatic heterocycles. The first kappa shape index (κ1) is 20.1. The van der Waals surface area contributed by atoms with Gasteiger partial charge in [-0.2, -0.15) is 0 Å². The number of nitrogens with two attached hydrogens (primary N) is 1. The Balaban J connectivity index is 1.04. The average molecular weight is 448 g/mol. The van der Waals surface area contributed by atoms with E-state index in [1.165, 1.54) is 10.3 Å². The number of benzene rings is 1. The fourth-order valence-corrected chi connectivity index (χ4v) is 6.82. The van der Waals surface area contributed by atoms with Gasteiger partial charge in [0.25, 0.3) is 0 Å². The summed E-state index contributed by atoms with van der Waals surface area (Å²) in [6, 6.07) is 8.45. The second-order valence-corrected chi connectivity index (χ2v) is 10.4. The molecule has 0 amide bonds. The monoisotopic (exact) mass is 447 g/mol.